The number of ether oxygens (including phenoxy) is 1. The van der Waals surface area contributed by atoms with Gasteiger partial charge in [0.05, 0.1) is 17.3 Å². The highest BCUT2D eigenvalue weighted by molar-refractivity contribution is 6.32. The minimum Gasteiger partial charge on any atom is -0.479 e. The SMILES string of the molecule is Cc1c(C)c2cc(Cl)c(O[C@@H](C)C(=O)NCc3ccccn3)cc2oc1=O. The molecule has 1 atom stereocenters. The molecule has 7 heteroatoms. The summed E-state index contributed by atoms with van der Waals surface area (Å²) in [4.78, 5) is 28.3. The van der Waals surface area contributed by atoms with Crippen molar-refractivity contribution in [1.82, 2.24) is 10.3 Å². The number of hydrogen-bond donors (Lipinski definition) is 1. The van der Waals surface area contributed by atoms with Gasteiger partial charge in [0.15, 0.2) is 6.10 Å². The van der Waals surface area contributed by atoms with Gasteiger partial charge in [-0.1, -0.05) is 17.7 Å². The van der Waals surface area contributed by atoms with Gasteiger partial charge in [0, 0.05) is 23.2 Å². The van der Waals surface area contributed by atoms with Crippen molar-refractivity contribution < 1.29 is 13.9 Å². The lowest BCUT2D eigenvalue weighted by atomic mass is 10.1. The van der Waals surface area contributed by atoms with Crippen LogP contribution in [0.15, 0.2) is 45.7 Å². The van der Waals surface area contributed by atoms with Gasteiger partial charge in [-0.2, -0.15) is 0 Å². The van der Waals surface area contributed by atoms with Gasteiger partial charge < -0.3 is 14.5 Å². The molecule has 0 fully saturated rings. The Balaban J connectivity index is 1.77. The zero-order valence-corrected chi connectivity index (χ0v) is 16.0. The maximum absolute atomic E-state index is 12.3. The number of nitrogens with one attached hydrogen (secondary N) is 1. The molecule has 0 unspecified atom stereocenters. The molecule has 0 bridgehead atoms. The van der Waals surface area contributed by atoms with E-state index in [1.54, 1.807) is 32.2 Å². The standard InChI is InChI=1S/C20H19ClN2O4/c1-11-12(2)20(25)27-17-9-18(16(21)8-15(11)17)26-13(3)19(24)23-10-14-6-4-5-7-22-14/h4-9,13H,10H2,1-3H3,(H,23,24)/t13-/m0/s1. The molecule has 3 aromatic rings. The Morgan fingerprint density at radius 3 is 2.78 bits per heavy atom. The predicted octanol–water partition coefficient (Wildman–Crippen LogP) is 3.54. The second kappa shape index (κ2) is 7.80. The lowest BCUT2D eigenvalue weighted by molar-refractivity contribution is -0.127. The number of amides is 1. The molecule has 0 aliphatic heterocycles. The van der Waals surface area contributed by atoms with Crippen LogP contribution in [-0.4, -0.2) is 17.0 Å². The van der Waals surface area contributed by atoms with Crippen molar-refractivity contribution >= 4 is 28.5 Å². The summed E-state index contributed by atoms with van der Waals surface area (Å²) in [6, 6.07) is 8.68. The number of halogens is 1. The van der Waals surface area contributed by atoms with Gasteiger partial charge in [-0.25, -0.2) is 4.79 Å². The minimum absolute atomic E-state index is 0.274. The first-order valence-electron chi connectivity index (χ1n) is 8.44. The highest BCUT2D eigenvalue weighted by atomic mass is 35.5. The first-order chi connectivity index (χ1) is 12.9. The van der Waals surface area contributed by atoms with Crippen LogP contribution in [0.5, 0.6) is 5.75 Å². The average Bonchev–Trinajstić information content (AvgIpc) is 2.66. The van der Waals surface area contributed by atoms with E-state index in [1.807, 2.05) is 19.1 Å². The Kier molecular flexibility index (Phi) is 5.46. The molecule has 0 radical (unpaired) electrons. The van der Waals surface area contributed by atoms with Crippen molar-refractivity contribution in [3.8, 4) is 5.75 Å². The van der Waals surface area contributed by atoms with Gasteiger partial charge in [0.2, 0.25) is 0 Å². The van der Waals surface area contributed by atoms with Crippen LogP contribution in [0.2, 0.25) is 5.02 Å². The predicted molar refractivity (Wildman–Crippen MR) is 103 cm³/mol. The molecule has 1 N–H and O–H groups in total. The van der Waals surface area contributed by atoms with Crippen LogP contribution in [0.3, 0.4) is 0 Å². The van der Waals surface area contributed by atoms with E-state index in [-0.39, 0.29) is 11.7 Å². The van der Waals surface area contributed by atoms with Crippen molar-refractivity contribution in [2.24, 2.45) is 0 Å². The summed E-state index contributed by atoms with van der Waals surface area (Å²) < 4.78 is 11.0. The first kappa shape index (κ1) is 18.9. The van der Waals surface area contributed by atoms with Crippen molar-refractivity contribution in [1.29, 1.82) is 0 Å². The summed E-state index contributed by atoms with van der Waals surface area (Å²) in [5.74, 6) is -0.0330. The smallest absolute Gasteiger partial charge is 0.339 e. The first-order valence-corrected chi connectivity index (χ1v) is 8.82. The molecule has 0 spiro atoms. The van der Waals surface area contributed by atoms with E-state index in [2.05, 4.69) is 10.3 Å². The maximum atomic E-state index is 12.3. The summed E-state index contributed by atoms with van der Waals surface area (Å²) in [5.41, 5.74) is 2.04. The van der Waals surface area contributed by atoms with E-state index in [4.69, 9.17) is 20.8 Å². The number of carbonyl (C=O) groups excluding carboxylic acids is 1. The highest BCUT2D eigenvalue weighted by Crippen LogP contribution is 2.32. The molecule has 27 heavy (non-hydrogen) atoms. The zero-order valence-electron chi connectivity index (χ0n) is 15.2. The molecule has 2 heterocycles. The van der Waals surface area contributed by atoms with Crippen LogP contribution in [0.25, 0.3) is 11.0 Å². The van der Waals surface area contributed by atoms with Gasteiger partial charge >= 0.3 is 5.63 Å². The third kappa shape index (κ3) is 4.11. The van der Waals surface area contributed by atoms with Gasteiger partial charge in [-0.05, 0) is 44.5 Å². The van der Waals surface area contributed by atoms with Crippen molar-refractivity contribution in [2.45, 2.75) is 33.4 Å². The highest BCUT2D eigenvalue weighted by Gasteiger charge is 2.18. The number of hydrogen-bond acceptors (Lipinski definition) is 5. The van der Waals surface area contributed by atoms with E-state index in [0.717, 1.165) is 16.6 Å². The topological polar surface area (TPSA) is 81.4 Å². The second-order valence-corrected chi connectivity index (χ2v) is 6.62. The number of pyridine rings is 1. The molecular formula is C20H19ClN2O4. The normalized spacial score (nSPS) is 12.0. The molecule has 3 rings (SSSR count). The Morgan fingerprint density at radius 1 is 1.30 bits per heavy atom. The summed E-state index contributed by atoms with van der Waals surface area (Å²) in [5, 5.41) is 3.83. The van der Waals surface area contributed by atoms with Crippen molar-refractivity contribution in [3.05, 3.63) is 68.8 Å². The minimum atomic E-state index is -0.790. The van der Waals surface area contributed by atoms with Gasteiger partial charge in [0.25, 0.3) is 5.91 Å². The fourth-order valence-electron chi connectivity index (χ4n) is 2.60. The Hall–Kier alpha value is -2.86. The van der Waals surface area contributed by atoms with Gasteiger partial charge in [-0.15, -0.1) is 0 Å². The van der Waals surface area contributed by atoms with Crippen LogP contribution in [0, 0.1) is 13.8 Å². The van der Waals surface area contributed by atoms with E-state index < -0.39 is 11.7 Å². The fourth-order valence-corrected chi connectivity index (χ4v) is 2.81. The van der Waals surface area contributed by atoms with Gasteiger partial charge in [0.1, 0.15) is 11.3 Å². The maximum Gasteiger partial charge on any atom is 0.339 e. The number of aromatic nitrogens is 1. The van der Waals surface area contributed by atoms with E-state index >= 15 is 0 Å². The van der Waals surface area contributed by atoms with Crippen molar-refractivity contribution in [2.75, 3.05) is 0 Å². The molecule has 0 saturated heterocycles. The molecule has 0 aliphatic carbocycles. The Morgan fingerprint density at radius 2 is 2.07 bits per heavy atom. The summed E-state index contributed by atoms with van der Waals surface area (Å²) >= 11 is 6.30. The second-order valence-electron chi connectivity index (χ2n) is 6.22. The number of fused-ring (bicyclic) bond motifs is 1. The number of aryl methyl sites for hydroxylation is 1. The van der Waals surface area contributed by atoms with E-state index in [0.29, 0.717) is 22.7 Å². The molecule has 2 aromatic heterocycles. The zero-order chi connectivity index (χ0) is 19.6. The van der Waals surface area contributed by atoms with Gasteiger partial charge in [-0.3, -0.25) is 9.78 Å². The molecule has 1 amide bonds. The molecule has 6 nitrogen and oxygen atoms in total. The largest absolute Gasteiger partial charge is 0.479 e. The number of carbonyl (C=O) groups is 1. The summed E-state index contributed by atoms with van der Waals surface area (Å²) in [7, 11) is 0. The van der Waals surface area contributed by atoms with Crippen LogP contribution in [0.1, 0.15) is 23.7 Å². The number of benzene rings is 1. The lowest BCUT2D eigenvalue weighted by Crippen LogP contribution is -2.36. The monoisotopic (exact) mass is 386 g/mol. The summed E-state index contributed by atoms with van der Waals surface area (Å²) in [6.07, 6.45) is 0.871. The third-order valence-corrected chi connectivity index (χ3v) is 4.65. The molecule has 0 aliphatic rings. The quantitative estimate of drug-likeness (QED) is 0.678. The summed E-state index contributed by atoms with van der Waals surface area (Å²) in [6.45, 7) is 5.45. The Labute approximate surface area is 161 Å². The number of nitrogens with zero attached hydrogens (tertiary/aromatic N) is 1. The molecule has 0 saturated carbocycles. The lowest BCUT2D eigenvalue weighted by Gasteiger charge is -2.16. The average molecular weight is 387 g/mol. The molecular weight excluding hydrogens is 368 g/mol. The fraction of sp³-hybridized carbons (Fsp3) is 0.250. The van der Waals surface area contributed by atoms with Crippen LogP contribution < -0.4 is 15.7 Å². The van der Waals surface area contributed by atoms with E-state index in [1.165, 1.54) is 6.07 Å². The van der Waals surface area contributed by atoms with E-state index in [9.17, 15) is 9.59 Å². The number of rotatable bonds is 5. The third-order valence-electron chi connectivity index (χ3n) is 4.35. The Bertz CT molecular complexity index is 1050. The molecule has 1 aromatic carbocycles. The molecule has 140 valence electrons. The van der Waals surface area contributed by atoms with Crippen LogP contribution in [0.4, 0.5) is 0 Å². The van der Waals surface area contributed by atoms with Crippen molar-refractivity contribution in [3.63, 3.8) is 0 Å². The van der Waals surface area contributed by atoms with Crippen LogP contribution >= 0.6 is 11.6 Å². The van der Waals surface area contributed by atoms with Crippen LogP contribution in [-0.2, 0) is 11.3 Å².